The molecule has 0 unspecified atom stereocenters. The summed E-state index contributed by atoms with van der Waals surface area (Å²) in [6.45, 7) is 1.58. The Morgan fingerprint density at radius 2 is 2.04 bits per heavy atom. The smallest absolute Gasteiger partial charge is 0.280 e. The van der Waals surface area contributed by atoms with E-state index in [1.807, 2.05) is 0 Å². The Kier molecular flexibility index (Phi) is 5.86. The number of non-ortho nitro benzene ring substituents is 1. The van der Waals surface area contributed by atoms with Crippen LogP contribution in [0.15, 0.2) is 53.6 Å². The minimum Gasteiger partial charge on any atom is -0.481 e. The second-order valence-corrected chi connectivity index (χ2v) is 5.24. The van der Waals surface area contributed by atoms with Gasteiger partial charge in [-0.05, 0) is 31.2 Å². The van der Waals surface area contributed by atoms with Crippen molar-refractivity contribution in [3.05, 3.63) is 69.2 Å². The van der Waals surface area contributed by atoms with Gasteiger partial charge in [0.1, 0.15) is 5.75 Å². The Morgan fingerprint density at radius 1 is 1.33 bits per heavy atom. The highest BCUT2D eigenvalue weighted by atomic mass is 35.5. The van der Waals surface area contributed by atoms with Crippen LogP contribution in [0.1, 0.15) is 12.5 Å². The minimum atomic E-state index is -0.770. The number of nitrogens with one attached hydrogen (secondary N) is 1. The number of carbonyl (C=O) groups is 1. The Bertz CT molecular complexity index is 762. The summed E-state index contributed by atoms with van der Waals surface area (Å²) in [5, 5.41) is 15.0. The van der Waals surface area contributed by atoms with Crippen LogP contribution in [-0.4, -0.2) is 23.1 Å². The van der Waals surface area contributed by atoms with Crippen molar-refractivity contribution >= 4 is 29.4 Å². The lowest BCUT2D eigenvalue weighted by molar-refractivity contribution is -0.384. The SMILES string of the molecule is C[C@@H](Oc1ccc(Cl)cc1)C(=O)N/N=C\c1cccc([N+](=O)[O-])c1. The quantitative estimate of drug-likeness (QED) is 0.493. The minimum absolute atomic E-state index is 0.0512. The van der Waals surface area contributed by atoms with Crippen LogP contribution < -0.4 is 10.2 Å². The van der Waals surface area contributed by atoms with E-state index < -0.39 is 16.9 Å². The highest BCUT2D eigenvalue weighted by molar-refractivity contribution is 6.30. The molecule has 7 nitrogen and oxygen atoms in total. The van der Waals surface area contributed by atoms with E-state index in [9.17, 15) is 14.9 Å². The maximum atomic E-state index is 11.9. The highest BCUT2D eigenvalue weighted by Gasteiger charge is 2.13. The molecular formula is C16H14ClN3O4. The fourth-order valence-electron chi connectivity index (χ4n) is 1.75. The van der Waals surface area contributed by atoms with E-state index >= 15 is 0 Å². The first-order valence-corrected chi connectivity index (χ1v) is 7.33. The molecule has 0 radical (unpaired) electrons. The zero-order valence-corrected chi connectivity index (χ0v) is 13.4. The molecule has 0 aliphatic heterocycles. The normalized spacial score (nSPS) is 11.9. The third-order valence-electron chi connectivity index (χ3n) is 2.97. The lowest BCUT2D eigenvalue weighted by Gasteiger charge is -2.12. The topological polar surface area (TPSA) is 93.8 Å². The average molecular weight is 348 g/mol. The van der Waals surface area contributed by atoms with Crippen LogP contribution in [0, 0.1) is 10.1 Å². The predicted molar refractivity (Wildman–Crippen MR) is 90.4 cm³/mol. The van der Waals surface area contributed by atoms with Gasteiger partial charge in [0.05, 0.1) is 11.1 Å². The summed E-state index contributed by atoms with van der Waals surface area (Å²) in [4.78, 5) is 22.1. The molecule has 0 spiro atoms. The van der Waals surface area contributed by atoms with Crippen LogP contribution in [0.2, 0.25) is 5.02 Å². The number of nitro groups is 1. The first-order valence-electron chi connectivity index (χ1n) is 6.95. The van der Waals surface area contributed by atoms with Gasteiger partial charge in [0.2, 0.25) is 0 Å². The average Bonchev–Trinajstić information content (AvgIpc) is 2.57. The first-order chi connectivity index (χ1) is 11.5. The summed E-state index contributed by atoms with van der Waals surface area (Å²) in [5.74, 6) is 0.0522. The van der Waals surface area contributed by atoms with Gasteiger partial charge in [0.25, 0.3) is 11.6 Å². The summed E-state index contributed by atoms with van der Waals surface area (Å²) in [6, 6.07) is 12.5. The van der Waals surface area contributed by atoms with Crippen LogP contribution in [-0.2, 0) is 4.79 Å². The number of hydrogen-bond acceptors (Lipinski definition) is 5. The van der Waals surface area contributed by atoms with Crippen molar-refractivity contribution in [2.45, 2.75) is 13.0 Å². The van der Waals surface area contributed by atoms with Gasteiger partial charge >= 0.3 is 0 Å². The molecule has 0 heterocycles. The molecule has 2 aromatic carbocycles. The molecular weight excluding hydrogens is 334 g/mol. The molecule has 0 fully saturated rings. The maximum absolute atomic E-state index is 11.9. The van der Waals surface area contributed by atoms with Gasteiger partial charge in [0.15, 0.2) is 6.10 Å². The van der Waals surface area contributed by atoms with Crippen molar-refractivity contribution in [1.82, 2.24) is 5.43 Å². The summed E-state index contributed by atoms with van der Waals surface area (Å²) in [6.07, 6.45) is 0.549. The van der Waals surface area contributed by atoms with E-state index in [2.05, 4.69) is 10.5 Å². The van der Waals surface area contributed by atoms with Gasteiger partial charge in [0, 0.05) is 22.7 Å². The Morgan fingerprint density at radius 3 is 2.71 bits per heavy atom. The van der Waals surface area contributed by atoms with Crippen molar-refractivity contribution in [3.8, 4) is 5.75 Å². The van der Waals surface area contributed by atoms with Gasteiger partial charge in [-0.15, -0.1) is 0 Å². The number of hydrazone groups is 1. The number of nitro benzene ring substituents is 1. The van der Waals surface area contributed by atoms with Crippen LogP contribution in [0.25, 0.3) is 0 Å². The second kappa shape index (κ2) is 8.07. The fraction of sp³-hybridized carbons (Fsp3) is 0.125. The highest BCUT2D eigenvalue weighted by Crippen LogP contribution is 2.16. The standard InChI is InChI=1S/C16H14ClN3O4/c1-11(24-15-7-5-13(17)6-8-15)16(21)19-18-10-12-3-2-4-14(9-12)20(22)23/h2-11H,1H3,(H,19,21)/b18-10-/t11-/m1/s1. The van der Waals surface area contributed by atoms with Gasteiger partial charge < -0.3 is 4.74 Å². The van der Waals surface area contributed by atoms with Gasteiger partial charge in [-0.25, -0.2) is 5.43 Å². The summed E-state index contributed by atoms with van der Waals surface area (Å²) < 4.78 is 5.45. The van der Waals surface area contributed by atoms with Gasteiger partial charge in [-0.3, -0.25) is 14.9 Å². The van der Waals surface area contributed by atoms with Crippen molar-refractivity contribution < 1.29 is 14.5 Å². The van der Waals surface area contributed by atoms with Crippen LogP contribution in [0.4, 0.5) is 5.69 Å². The number of amides is 1. The second-order valence-electron chi connectivity index (χ2n) is 4.80. The number of ether oxygens (including phenoxy) is 1. The van der Waals surface area contributed by atoms with E-state index in [4.69, 9.17) is 16.3 Å². The van der Waals surface area contributed by atoms with E-state index in [1.165, 1.54) is 24.4 Å². The molecule has 1 amide bonds. The van der Waals surface area contributed by atoms with Crippen LogP contribution in [0.3, 0.4) is 0 Å². The van der Waals surface area contributed by atoms with E-state index in [-0.39, 0.29) is 5.69 Å². The van der Waals surface area contributed by atoms with Gasteiger partial charge in [-0.2, -0.15) is 5.10 Å². The monoisotopic (exact) mass is 347 g/mol. The third kappa shape index (κ3) is 5.06. The molecule has 1 atom stereocenters. The van der Waals surface area contributed by atoms with Crippen LogP contribution >= 0.6 is 11.6 Å². The summed E-state index contributed by atoms with van der Waals surface area (Å²) in [5.41, 5.74) is 2.77. The zero-order chi connectivity index (χ0) is 17.5. The molecule has 0 aliphatic rings. The number of hydrogen-bond donors (Lipinski definition) is 1. The molecule has 0 saturated carbocycles. The Balaban J connectivity index is 1.90. The molecule has 0 aliphatic carbocycles. The Hall–Kier alpha value is -2.93. The molecule has 0 aromatic heterocycles. The molecule has 2 rings (SSSR count). The van der Waals surface area contributed by atoms with Crippen molar-refractivity contribution in [2.75, 3.05) is 0 Å². The molecule has 8 heteroatoms. The Labute approximate surface area is 143 Å². The molecule has 0 bridgehead atoms. The first kappa shape index (κ1) is 17.4. The van der Waals surface area contributed by atoms with E-state index in [0.717, 1.165) is 0 Å². The number of nitrogens with zero attached hydrogens (tertiary/aromatic N) is 2. The fourth-order valence-corrected chi connectivity index (χ4v) is 1.88. The molecule has 2 aromatic rings. The zero-order valence-electron chi connectivity index (χ0n) is 12.7. The molecule has 124 valence electrons. The largest absolute Gasteiger partial charge is 0.481 e. The predicted octanol–water partition coefficient (Wildman–Crippen LogP) is 3.17. The van der Waals surface area contributed by atoms with E-state index in [1.54, 1.807) is 37.3 Å². The van der Waals surface area contributed by atoms with Crippen molar-refractivity contribution in [3.63, 3.8) is 0 Å². The lowest BCUT2D eigenvalue weighted by Crippen LogP contribution is -2.33. The van der Waals surface area contributed by atoms with Crippen molar-refractivity contribution in [1.29, 1.82) is 0 Å². The van der Waals surface area contributed by atoms with Crippen molar-refractivity contribution in [2.24, 2.45) is 5.10 Å². The van der Waals surface area contributed by atoms with E-state index in [0.29, 0.717) is 16.3 Å². The molecule has 24 heavy (non-hydrogen) atoms. The lowest BCUT2D eigenvalue weighted by atomic mass is 10.2. The van der Waals surface area contributed by atoms with Gasteiger partial charge in [-0.1, -0.05) is 23.7 Å². The number of carbonyl (C=O) groups excluding carboxylic acids is 1. The maximum Gasteiger partial charge on any atom is 0.280 e. The number of benzene rings is 2. The third-order valence-corrected chi connectivity index (χ3v) is 3.22. The summed E-state index contributed by atoms with van der Waals surface area (Å²) >= 11 is 5.77. The number of rotatable bonds is 6. The summed E-state index contributed by atoms with van der Waals surface area (Å²) in [7, 11) is 0. The number of halogens is 1. The van der Waals surface area contributed by atoms with Crippen LogP contribution in [0.5, 0.6) is 5.75 Å². The molecule has 1 N–H and O–H groups in total. The molecule has 0 saturated heterocycles.